The van der Waals surface area contributed by atoms with E-state index in [4.69, 9.17) is 96.7 Å². The number of hydrogen-bond acceptors (Lipinski definition) is 56. The van der Waals surface area contributed by atoms with Crippen molar-refractivity contribution < 1.29 is 234 Å². The normalized spacial score (nSPS) is 36.7. The molecule has 7 rings (SSSR count). The second-order valence-corrected chi connectivity index (χ2v) is 28.1. The Labute approximate surface area is 636 Å². The Kier molecular flexibility index (Phi) is 40.3. The van der Waals surface area contributed by atoms with E-state index < -0.39 is 224 Å². The van der Waals surface area contributed by atoms with Crippen LogP contribution in [0, 0.1) is 0 Å². The molecule has 3 N–H and O–H groups in total. The number of rotatable bonds is 50. The predicted molar refractivity (Wildman–Crippen MR) is 316 cm³/mol. The molecule has 0 radical (unpaired) electrons. The number of carbonyl (C=O) groups is 4. The molecule has 0 saturated carbocycles. The fraction of sp³-hybridized carbons (Fsp3) is 0.915. The number of unbranched alkanes of at least 4 members (excludes halogenated alkanes) is 1. The first-order valence-electron chi connectivity index (χ1n) is 30.4. The van der Waals surface area contributed by atoms with Crippen LogP contribution in [0.25, 0.3) is 0 Å². The van der Waals surface area contributed by atoms with Crippen LogP contribution in [0.2, 0.25) is 0 Å². The number of carbonyl (C=O) groups excluding carboxylic acids is 4. The van der Waals surface area contributed by atoms with Crippen LogP contribution in [0.15, 0.2) is 0 Å². The molecule has 0 aromatic carbocycles. The van der Waals surface area contributed by atoms with E-state index in [-0.39, 0.29) is 85.5 Å². The van der Waals surface area contributed by atoms with Gasteiger partial charge in [0.2, 0.25) is 26.7 Å². The Balaban J connectivity index is 1.22. The maximum Gasteiger partial charge on any atom is 0.315 e. The zero-order valence-corrected chi connectivity index (χ0v) is 62.5. The first-order valence-corrected chi connectivity index (χ1v) is 37.4. The van der Waals surface area contributed by atoms with E-state index in [0.29, 0.717) is 18.6 Å². The molecule has 28 atom stereocenters. The number of amides is 3. The Morgan fingerprint density at radius 2 is 0.880 bits per heavy atom. The molecule has 13 unspecified atom stereocenters. The predicted octanol–water partition coefficient (Wildman–Crippen LogP) is -11.0. The van der Waals surface area contributed by atoms with E-state index in [1.54, 1.807) is 11.8 Å². The summed E-state index contributed by atoms with van der Waals surface area (Å²) in [5.74, 6) is -4.40. The lowest BCUT2D eigenvalue weighted by Gasteiger charge is -2.52. The van der Waals surface area contributed by atoms with Gasteiger partial charge < -0.3 is 147 Å². The van der Waals surface area contributed by atoms with Crippen LogP contribution in [-0.4, -0.2) is 296 Å². The molecule has 0 aromatic heterocycles. The number of fused-ring (bicyclic) bond motifs is 1. The summed E-state index contributed by atoms with van der Waals surface area (Å²) in [6.45, 7) is -3.40. The number of hydrogen-bond donors (Lipinski definition) is 3. The van der Waals surface area contributed by atoms with Crippen LogP contribution in [-0.2, 0) is 187 Å². The van der Waals surface area contributed by atoms with E-state index >= 15 is 0 Å². The summed E-state index contributed by atoms with van der Waals surface area (Å²) in [6.07, 6.45) is -47.3. The fourth-order valence-corrected chi connectivity index (χ4v) is 16.2. The van der Waals surface area contributed by atoms with Crippen molar-refractivity contribution in [3.8, 4) is 0 Å². The zero-order valence-electron chi connectivity index (χ0n) is 56.0. The van der Waals surface area contributed by atoms with Gasteiger partial charge in [-0.25, -0.2) is 21.6 Å². The molecule has 0 aliphatic carbocycles. The minimum Gasteiger partial charge on any atom is -0.726 e. The molecule has 108 heavy (non-hydrogen) atoms. The molecule has 0 bridgehead atoms. The number of carboxylic acid groups (broad SMARTS) is 2. The summed E-state index contributed by atoms with van der Waals surface area (Å²) in [5, 5.41) is 107. The highest BCUT2D eigenvalue weighted by molar-refractivity contribution is 8.00. The number of urea groups is 1. The molecule has 53 nitrogen and oxygen atoms in total. The molecule has 0 aromatic rings. The summed E-state index contributed by atoms with van der Waals surface area (Å²) < 4.78 is 225. The third-order valence-corrected chi connectivity index (χ3v) is 21.0. The minimum absolute atomic E-state index is 0.0243. The van der Waals surface area contributed by atoms with Gasteiger partial charge >= 0.3 is 6.03 Å². The third-order valence-electron chi connectivity index (χ3n) is 16.6. The highest BCUT2D eigenvalue weighted by atomic mass is 32.3. The van der Waals surface area contributed by atoms with Crippen molar-refractivity contribution in [2.24, 2.45) is 0 Å². The van der Waals surface area contributed by atoms with Crippen LogP contribution in [0.1, 0.15) is 25.7 Å². The van der Waals surface area contributed by atoms with Crippen molar-refractivity contribution >= 4 is 118 Å². The van der Waals surface area contributed by atoms with Gasteiger partial charge in [0.25, 0.3) is 0 Å². The molecule has 0 spiro atoms. The van der Waals surface area contributed by atoms with Crippen LogP contribution in [0.5, 0.6) is 0 Å². The summed E-state index contributed by atoms with van der Waals surface area (Å²) in [6, 6.07) is -2.09. The average molecular weight is 1730 g/mol. The zero-order chi connectivity index (χ0) is 78.8. The smallest absolute Gasteiger partial charge is 0.315 e. The lowest BCUT2D eigenvalue weighted by atomic mass is 9.94. The fourth-order valence-electron chi connectivity index (χ4n) is 12.4. The van der Waals surface area contributed by atoms with Crippen LogP contribution < -0.4 is 52.4 Å². The summed E-state index contributed by atoms with van der Waals surface area (Å²) in [4.78, 5) is 53.0. The number of methoxy groups -OCH3 is 7. The lowest BCUT2D eigenvalue weighted by Crippen LogP contribution is -2.71. The van der Waals surface area contributed by atoms with Gasteiger partial charge in [0.05, 0.1) is 43.8 Å². The van der Waals surface area contributed by atoms with E-state index in [1.165, 1.54) is 0 Å². The van der Waals surface area contributed by atoms with Gasteiger partial charge in [-0.1, -0.05) is 6.42 Å². The first-order chi connectivity index (χ1) is 51.8. The summed E-state index contributed by atoms with van der Waals surface area (Å²) in [7, 11) is -4.17. The largest absolute Gasteiger partial charge is 0.726 e. The second-order valence-electron chi connectivity index (χ2n) is 22.4. The summed E-state index contributed by atoms with van der Waals surface area (Å²) in [5.41, 5.74) is 0. The van der Waals surface area contributed by atoms with Gasteiger partial charge in [-0.05, 0) is 12.8 Å². The Morgan fingerprint density at radius 1 is 0.472 bits per heavy atom. The maximum atomic E-state index is 14.0. The number of ether oxygens (including phenoxy) is 16. The molecule has 7 aliphatic rings. The third kappa shape index (κ3) is 26.0. The Hall–Kier alpha value is -1.92. The summed E-state index contributed by atoms with van der Waals surface area (Å²) >= 11 is 0.485. The second kappa shape index (κ2) is 46.7. The lowest BCUT2D eigenvalue weighted by molar-refractivity contribution is -0.778. The van der Waals surface area contributed by atoms with Crippen molar-refractivity contribution in [3.05, 3.63) is 0 Å². The molecule has 3 amide bonds. The van der Waals surface area contributed by atoms with Crippen LogP contribution in [0.4, 0.5) is 4.79 Å². The molecule has 7 heterocycles. The van der Waals surface area contributed by atoms with Crippen molar-refractivity contribution in [3.63, 3.8) is 0 Å². The van der Waals surface area contributed by atoms with Crippen molar-refractivity contribution in [1.82, 2.24) is 16.0 Å². The van der Waals surface area contributed by atoms with E-state index in [9.17, 15) is 81.6 Å². The molecular formula is C47H68N3O50S8-9. The standard InChI is InChI=1S/C47H77N3O50S8/c1-68-24-18(13-76-107(62,63)64)78-42(23(27(24)69-2)49-21(51)11-9-8-10-20-22-16(15-101-20)48-47(56)50-22)83-30-28(70-3)36(72-5)45(85-34(30)40(52)53)82-26-19(14-77-108(65,66)67)80-46(39(90-106-100-95-61)33(26)88-104-98-93-59)84-31-29(71-4)37(73-6)44(86-35(31)41(54)55)81-25-17(12-75-102-96-91-57)79-43(74-7)38(89-105-99-94-60)32(25)87-103-97-92-58/h16-20,22-39,42-46,57-61H,8-15H2,1-7H3,(H,49,51)(H,52,53)(H,54,55)(H2,48,50,56)(H,62,63,64)(H,65,66,67)/p-9/t16?,17?,18?,19-,20?,22?,23?,24+,25+,26-,27-,28+,29?,30-,31+,32+,33?,34?,35-,36?,37?,38?,39?,42+,43-,44+,45-,46-/m1/s1. The monoisotopic (exact) mass is 1730 g/mol. The van der Waals surface area contributed by atoms with Gasteiger partial charge in [-0.2, -0.15) is 11.8 Å². The molecule has 7 fully saturated rings. The topological polar surface area (TPSA) is 685 Å². The highest BCUT2D eigenvalue weighted by Gasteiger charge is 2.61. The molecule has 7 aliphatic heterocycles. The number of carboxylic acids is 2. The average Bonchev–Trinajstić information content (AvgIpc) is 1.04. The van der Waals surface area contributed by atoms with Crippen molar-refractivity contribution in [1.29, 1.82) is 0 Å². The van der Waals surface area contributed by atoms with Crippen molar-refractivity contribution in [2.45, 2.75) is 196 Å². The minimum atomic E-state index is -5.86. The Bertz CT molecular complexity index is 2930. The molecule has 628 valence electrons. The maximum absolute atomic E-state index is 14.0. The SMILES string of the molecule is COC1C(OC)[C@H](O[C@H]2O[C@H](COS(=O)(=O)[O-])[C@@H](O[C@@H]3OC(C(=O)[O-])[C@H](O[C@@H]4OC(COS(=O)(=O)[O-])[C@H](OC)[C@H](OC)C4NC(=O)CCCCC4SCC5NC(=O)NC54)[C@H](OC)C3OC)C(OSOO[O-])C2OSOO[O-])[C@H](C(=O)[O-])O[C@@H]1O[C@H]1C(COSOO[O-])O[C@@H](OC)C(OSOO[O-])[C@H]1OSOO[O-]. The highest BCUT2D eigenvalue weighted by Crippen LogP contribution is 2.43. The van der Waals surface area contributed by atoms with Gasteiger partial charge in [-0.3, -0.25) is 59.3 Å². The van der Waals surface area contributed by atoms with E-state index in [2.05, 4.69) is 71.2 Å². The molecular weight excluding hydrogens is 1660 g/mol. The quantitative estimate of drug-likeness (QED) is 0.00968. The van der Waals surface area contributed by atoms with Crippen LogP contribution >= 0.6 is 73.4 Å². The van der Waals surface area contributed by atoms with Gasteiger partial charge in [0, 0.05) is 67.2 Å². The molecule has 7 saturated heterocycles. The number of aliphatic carboxylic acids is 2. The Morgan fingerprint density at radius 3 is 1.33 bits per heavy atom. The van der Waals surface area contributed by atoms with Gasteiger partial charge in [-0.15, -0.1) is 21.7 Å². The first kappa shape index (κ1) is 93.2. The van der Waals surface area contributed by atoms with Gasteiger partial charge in [0.15, 0.2) is 105 Å². The van der Waals surface area contributed by atoms with Gasteiger partial charge in [0.1, 0.15) is 110 Å². The molecule has 61 heteroatoms. The number of nitrogens with one attached hydrogen (secondary N) is 3. The van der Waals surface area contributed by atoms with Crippen LogP contribution in [0.3, 0.4) is 0 Å². The van der Waals surface area contributed by atoms with Crippen molar-refractivity contribution in [2.75, 3.05) is 75.3 Å². The van der Waals surface area contributed by atoms with E-state index in [1.807, 2.05) is 0 Å². The number of thioether (sulfide) groups is 1. The van der Waals surface area contributed by atoms with E-state index in [0.717, 1.165) is 49.8 Å².